The Kier molecular flexibility index (Phi) is 3.18. The minimum Gasteiger partial charge on any atom is -0.380 e. The summed E-state index contributed by atoms with van der Waals surface area (Å²) in [4.78, 5) is 14.8. The number of nitrogens with one attached hydrogen (secondary N) is 2. The van der Waals surface area contributed by atoms with Crippen molar-refractivity contribution in [3.8, 4) is 0 Å². The van der Waals surface area contributed by atoms with E-state index in [1.165, 1.54) is 6.20 Å². The van der Waals surface area contributed by atoms with Gasteiger partial charge in [-0.05, 0) is 12.1 Å². The van der Waals surface area contributed by atoms with Crippen molar-refractivity contribution >= 4 is 5.91 Å². The largest absolute Gasteiger partial charge is 0.380 e. The average molecular weight is 167 g/mol. The highest BCUT2D eigenvalue weighted by atomic mass is 16.3. The van der Waals surface area contributed by atoms with Crippen LogP contribution in [0, 0.1) is 0 Å². The first-order valence-corrected chi connectivity index (χ1v) is 3.38. The maximum atomic E-state index is 11.1. The van der Waals surface area contributed by atoms with Crippen molar-refractivity contribution < 1.29 is 9.90 Å². The maximum absolute atomic E-state index is 11.1. The fourth-order valence-corrected chi connectivity index (χ4v) is 0.689. The van der Waals surface area contributed by atoms with Crippen LogP contribution in [0.25, 0.3) is 0 Å². The summed E-state index contributed by atoms with van der Waals surface area (Å²) in [6.45, 7) is -0.300. The van der Waals surface area contributed by atoms with E-state index in [0.29, 0.717) is 5.56 Å². The second-order valence-corrected chi connectivity index (χ2v) is 2.03. The van der Waals surface area contributed by atoms with Gasteiger partial charge < -0.3 is 5.11 Å². The van der Waals surface area contributed by atoms with Crippen molar-refractivity contribution in [1.29, 1.82) is 0 Å². The number of aromatic nitrogens is 1. The summed E-state index contributed by atoms with van der Waals surface area (Å²) in [5.41, 5.74) is 4.99. The van der Waals surface area contributed by atoms with Crippen molar-refractivity contribution in [3.05, 3.63) is 30.1 Å². The normalized spacial score (nSPS) is 9.42. The van der Waals surface area contributed by atoms with Gasteiger partial charge in [-0.15, -0.1) is 0 Å². The smallest absolute Gasteiger partial charge is 0.267 e. The molecule has 1 aromatic rings. The van der Waals surface area contributed by atoms with E-state index in [2.05, 4.69) is 15.8 Å². The molecule has 0 aliphatic heterocycles. The topological polar surface area (TPSA) is 74.2 Å². The maximum Gasteiger partial charge on any atom is 0.267 e. The van der Waals surface area contributed by atoms with Gasteiger partial charge in [0.15, 0.2) is 0 Å². The summed E-state index contributed by atoms with van der Waals surface area (Å²) in [6.07, 6.45) is 3.02. The van der Waals surface area contributed by atoms with Gasteiger partial charge in [0.25, 0.3) is 5.91 Å². The first-order valence-electron chi connectivity index (χ1n) is 3.38. The van der Waals surface area contributed by atoms with Gasteiger partial charge in [-0.2, -0.15) is 0 Å². The highest BCUT2D eigenvalue weighted by Gasteiger charge is 2.01. The number of aliphatic hydroxyl groups is 1. The molecule has 12 heavy (non-hydrogen) atoms. The van der Waals surface area contributed by atoms with Crippen molar-refractivity contribution in [3.63, 3.8) is 0 Å². The third-order valence-electron chi connectivity index (χ3n) is 1.20. The second-order valence-electron chi connectivity index (χ2n) is 2.03. The summed E-state index contributed by atoms with van der Waals surface area (Å²) in [6, 6.07) is 3.29. The first-order chi connectivity index (χ1) is 5.84. The van der Waals surface area contributed by atoms with Crippen LogP contribution in [0.15, 0.2) is 24.5 Å². The van der Waals surface area contributed by atoms with E-state index in [1.54, 1.807) is 18.3 Å². The fraction of sp³-hybridized carbons (Fsp3) is 0.143. The number of carbonyl (C=O) groups is 1. The zero-order chi connectivity index (χ0) is 8.81. The molecule has 0 spiro atoms. The number of hydrogen-bond acceptors (Lipinski definition) is 4. The number of hydrazine groups is 1. The molecule has 1 aromatic heterocycles. The molecule has 0 saturated heterocycles. The molecule has 0 fully saturated rings. The van der Waals surface area contributed by atoms with Crippen LogP contribution < -0.4 is 10.9 Å². The third kappa shape index (κ3) is 2.30. The van der Waals surface area contributed by atoms with Crippen molar-refractivity contribution in [1.82, 2.24) is 15.8 Å². The van der Waals surface area contributed by atoms with Gasteiger partial charge in [0.05, 0.1) is 5.56 Å². The molecular formula is C7H9N3O2. The molecule has 0 saturated carbocycles. The second kappa shape index (κ2) is 4.42. The van der Waals surface area contributed by atoms with Crippen LogP contribution in [-0.2, 0) is 0 Å². The van der Waals surface area contributed by atoms with Gasteiger partial charge in [0, 0.05) is 12.4 Å². The van der Waals surface area contributed by atoms with E-state index < -0.39 is 0 Å². The highest BCUT2D eigenvalue weighted by molar-refractivity contribution is 5.93. The zero-order valence-corrected chi connectivity index (χ0v) is 6.32. The van der Waals surface area contributed by atoms with Crippen LogP contribution in [0.1, 0.15) is 10.4 Å². The Morgan fingerprint density at radius 2 is 2.50 bits per heavy atom. The Balaban J connectivity index is 2.54. The molecule has 5 nitrogen and oxygen atoms in total. The Morgan fingerprint density at radius 3 is 3.08 bits per heavy atom. The van der Waals surface area contributed by atoms with Gasteiger partial charge >= 0.3 is 0 Å². The summed E-state index contributed by atoms with van der Waals surface area (Å²) < 4.78 is 0. The lowest BCUT2D eigenvalue weighted by atomic mass is 10.3. The standard InChI is InChI=1S/C7H9N3O2/c11-5-9-10-7(12)6-2-1-3-8-4-6/h1-4,9,11H,5H2,(H,10,12). The van der Waals surface area contributed by atoms with E-state index in [-0.39, 0.29) is 12.6 Å². The number of aliphatic hydroxyl groups excluding tert-OH is 1. The minimum absolute atomic E-state index is 0.300. The lowest BCUT2D eigenvalue weighted by molar-refractivity contribution is 0.0908. The number of nitrogens with zero attached hydrogens (tertiary/aromatic N) is 1. The van der Waals surface area contributed by atoms with E-state index in [0.717, 1.165) is 0 Å². The SMILES string of the molecule is O=C(NNCO)c1cccnc1. The Bertz CT molecular complexity index is 250. The van der Waals surface area contributed by atoms with Crippen LogP contribution in [0.5, 0.6) is 0 Å². The monoisotopic (exact) mass is 167 g/mol. The van der Waals surface area contributed by atoms with Crippen LogP contribution in [0.2, 0.25) is 0 Å². The molecule has 3 N–H and O–H groups in total. The highest BCUT2D eigenvalue weighted by Crippen LogP contribution is 1.93. The van der Waals surface area contributed by atoms with Crippen LogP contribution in [0.3, 0.4) is 0 Å². The molecular weight excluding hydrogens is 158 g/mol. The third-order valence-corrected chi connectivity index (χ3v) is 1.20. The minimum atomic E-state index is -0.322. The van der Waals surface area contributed by atoms with Crippen molar-refractivity contribution in [2.24, 2.45) is 0 Å². The van der Waals surface area contributed by atoms with Gasteiger partial charge in [-0.25, -0.2) is 5.43 Å². The molecule has 0 aliphatic carbocycles. The summed E-state index contributed by atoms with van der Waals surface area (Å²) in [5, 5.41) is 8.32. The summed E-state index contributed by atoms with van der Waals surface area (Å²) >= 11 is 0. The summed E-state index contributed by atoms with van der Waals surface area (Å²) in [7, 11) is 0. The van der Waals surface area contributed by atoms with Crippen LogP contribution in [0.4, 0.5) is 0 Å². The molecule has 1 heterocycles. The summed E-state index contributed by atoms with van der Waals surface area (Å²) in [5.74, 6) is -0.322. The molecule has 0 atom stereocenters. The van der Waals surface area contributed by atoms with Crippen molar-refractivity contribution in [2.75, 3.05) is 6.73 Å². The van der Waals surface area contributed by atoms with Crippen molar-refractivity contribution in [2.45, 2.75) is 0 Å². The Labute approximate surface area is 69.4 Å². The van der Waals surface area contributed by atoms with E-state index in [1.807, 2.05) is 0 Å². The molecule has 1 rings (SSSR count). The predicted molar refractivity (Wildman–Crippen MR) is 41.9 cm³/mol. The van der Waals surface area contributed by atoms with Gasteiger partial charge in [-0.3, -0.25) is 15.2 Å². The number of hydrogen-bond donors (Lipinski definition) is 3. The van der Waals surface area contributed by atoms with Gasteiger partial charge in [0.2, 0.25) is 0 Å². The number of carbonyl (C=O) groups excluding carboxylic acids is 1. The molecule has 0 aliphatic rings. The lowest BCUT2D eigenvalue weighted by Crippen LogP contribution is -2.37. The average Bonchev–Trinajstić information content (AvgIpc) is 2.15. The fourth-order valence-electron chi connectivity index (χ4n) is 0.689. The molecule has 0 bridgehead atoms. The molecule has 0 aromatic carbocycles. The number of amides is 1. The van der Waals surface area contributed by atoms with Gasteiger partial charge in [0.1, 0.15) is 6.73 Å². The molecule has 0 unspecified atom stereocenters. The number of pyridine rings is 1. The van der Waals surface area contributed by atoms with Crippen LogP contribution in [-0.4, -0.2) is 22.7 Å². The molecule has 0 radical (unpaired) electrons. The number of rotatable bonds is 3. The molecule has 1 amide bonds. The van der Waals surface area contributed by atoms with E-state index >= 15 is 0 Å². The first kappa shape index (κ1) is 8.63. The van der Waals surface area contributed by atoms with Gasteiger partial charge in [-0.1, -0.05) is 0 Å². The van der Waals surface area contributed by atoms with E-state index in [4.69, 9.17) is 5.11 Å². The Morgan fingerprint density at radius 1 is 1.67 bits per heavy atom. The predicted octanol–water partition coefficient (Wildman–Crippen LogP) is -0.734. The van der Waals surface area contributed by atoms with Crippen LogP contribution >= 0.6 is 0 Å². The lowest BCUT2D eigenvalue weighted by Gasteiger charge is -2.02. The molecule has 5 heteroatoms. The quantitative estimate of drug-likeness (QED) is 0.409. The molecule has 64 valence electrons. The Hall–Kier alpha value is -1.46. The zero-order valence-electron chi connectivity index (χ0n) is 6.32. The van der Waals surface area contributed by atoms with E-state index in [9.17, 15) is 4.79 Å².